The van der Waals surface area contributed by atoms with Crippen molar-refractivity contribution < 1.29 is 23.9 Å². The van der Waals surface area contributed by atoms with E-state index in [0.29, 0.717) is 33.5 Å². The van der Waals surface area contributed by atoms with Crippen LogP contribution >= 0.6 is 11.6 Å². The van der Waals surface area contributed by atoms with E-state index in [1.54, 1.807) is 73.8 Å². The lowest BCUT2D eigenvalue weighted by Crippen LogP contribution is -2.32. The van der Waals surface area contributed by atoms with Crippen LogP contribution in [-0.4, -0.2) is 37.7 Å². The molecule has 3 rings (SSSR count). The number of hydrogen-bond acceptors (Lipinski definition) is 6. The van der Waals surface area contributed by atoms with Gasteiger partial charge in [-0.3, -0.25) is 14.4 Å². The fraction of sp³-hybridized carbons (Fsp3) is 0.0833. The van der Waals surface area contributed by atoms with E-state index < -0.39 is 11.8 Å². The molecule has 3 amide bonds. The molecule has 0 aromatic heterocycles. The first-order valence-electron chi connectivity index (χ1n) is 9.99. The number of nitrogens with zero attached hydrogens (tertiary/aromatic N) is 1. The van der Waals surface area contributed by atoms with E-state index >= 15 is 0 Å². The summed E-state index contributed by atoms with van der Waals surface area (Å²) in [5.41, 5.74) is 3.78. The Morgan fingerprint density at radius 2 is 1.59 bits per heavy atom. The molecular formula is C24H21ClN4O5. The number of anilines is 2. The first kappa shape index (κ1) is 24.3. The number of amides is 3. The van der Waals surface area contributed by atoms with Crippen LogP contribution in [0.4, 0.5) is 11.4 Å². The van der Waals surface area contributed by atoms with E-state index in [4.69, 9.17) is 21.1 Å². The van der Waals surface area contributed by atoms with Crippen molar-refractivity contribution in [3.05, 3.63) is 83.4 Å². The van der Waals surface area contributed by atoms with Crippen molar-refractivity contribution in [2.45, 2.75) is 0 Å². The number of nitrogens with one attached hydrogen (secondary N) is 3. The quantitative estimate of drug-likeness (QED) is 0.259. The summed E-state index contributed by atoms with van der Waals surface area (Å²) >= 11 is 5.84. The van der Waals surface area contributed by atoms with E-state index in [0.717, 1.165) is 0 Å². The molecule has 0 saturated heterocycles. The molecule has 174 valence electrons. The number of rotatable bonds is 8. The van der Waals surface area contributed by atoms with Crippen molar-refractivity contribution in [2.24, 2.45) is 5.10 Å². The van der Waals surface area contributed by atoms with Gasteiger partial charge in [0.25, 0.3) is 5.91 Å². The summed E-state index contributed by atoms with van der Waals surface area (Å²) in [6.07, 6.45) is 1.36. The Hall–Kier alpha value is -4.37. The lowest BCUT2D eigenvalue weighted by atomic mass is 10.2. The van der Waals surface area contributed by atoms with Crippen molar-refractivity contribution in [1.29, 1.82) is 0 Å². The number of methoxy groups -OCH3 is 1. The van der Waals surface area contributed by atoms with Gasteiger partial charge in [0.05, 0.1) is 13.3 Å². The van der Waals surface area contributed by atoms with Crippen molar-refractivity contribution in [1.82, 2.24) is 5.43 Å². The SMILES string of the molecule is COc1cccc(NC(=O)COc2ccc(/C=N\NC(=O)C(=O)Nc3cccc(Cl)c3)cc2)c1. The summed E-state index contributed by atoms with van der Waals surface area (Å²) in [5, 5.41) is 9.33. The van der Waals surface area contributed by atoms with E-state index in [2.05, 4.69) is 21.2 Å². The van der Waals surface area contributed by atoms with Gasteiger partial charge in [0.1, 0.15) is 11.5 Å². The molecule has 10 heteroatoms. The maximum atomic E-state index is 12.1. The second-order valence-corrected chi connectivity index (χ2v) is 7.24. The van der Waals surface area contributed by atoms with Crippen LogP contribution in [0.25, 0.3) is 0 Å². The van der Waals surface area contributed by atoms with Crippen molar-refractivity contribution in [3.63, 3.8) is 0 Å². The van der Waals surface area contributed by atoms with Crippen molar-refractivity contribution >= 4 is 46.9 Å². The molecule has 0 radical (unpaired) electrons. The summed E-state index contributed by atoms with van der Waals surface area (Å²) in [6, 6.07) is 20.1. The Balaban J connectivity index is 1.43. The summed E-state index contributed by atoms with van der Waals surface area (Å²) < 4.78 is 10.6. The average Bonchev–Trinajstić information content (AvgIpc) is 2.83. The topological polar surface area (TPSA) is 118 Å². The molecule has 0 unspecified atom stereocenters. The number of carbonyl (C=O) groups excluding carboxylic acids is 3. The van der Waals surface area contributed by atoms with Crippen LogP contribution in [0.1, 0.15) is 5.56 Å². The monoisotopic (exact) mass is 480 g/mol. The molecule has 0 saturated carbocycles. The summed E-state index contributed by atoms with van der Waals surface area (Å²) in [4.78, 5) is 35.8. The predicted molar refractivity (Wildman–Crippen MR) is 129 cm³/mol. The van der Waals surface area contributed by atoms with Crippen LogP contribution < -0.4 is 25.5 Å². The van der Waals surface area contributed by atoms with Crippen LogP contribution in [0.5, 0.6) is 11.5 Å². The second-order valence-electron chi connectivity index (χ2n) is 6.80. The Bertz CT molecular complexity index is 1200. The number of benzene rings is 3. The van der Waals surface area contributed by atoms with Crippen molar-refractivity contribution in [2.75, 3.05) is 24.4 Å². The minimum absolute atomic E-state index is 0.178. The summed E-state index contributed by atoms with van der Waals surface area (Å²) in [6.45, 7) is -0.178. The molecular weight excluding hydrogens is 460 g/mol. The molecule has 9 nitrogen and oxygen atoms in total. The summed E-state index contributed by atoms with van der Waals surface area (Å²) in [5.74, 6) is -1.02. The van der Waals surface area contributed by atoms with E-state index in [-0.39, 0.29) is 12.5 Å². The first-order valence-corrected chi connectivity index (χ1v) is 10.4. The zero-order valence-corrected chi connectivity index (χ0v) is 18.8. The lowest BCUT2D eigenvalue weighted by molar-refractivity contribution is -0.136. The third-order valence-electron chi connectivity index (χ3n) is 4.27. The third-order valence-corrected chi connectivity index (χ3v) is 4.51. The molecule has 0 spiro atoms. The van der Waals surface area contributed by atoms with Crippen LogP contribution in [0, 0.1) is 0 Å². The normalized spacial score (nSPS) is 10.4. The summed E-state index contributed by atoms with van der Waals surface area (Å²) in [7, 11) is 1.55. The average molecular weight is 481 g/mol. The molecule has 0 fully saturated rings. The van der Waals surface area contributed by atoms with E-state index in [9.17, 15) is 14.4 Å². The van der Waals surface area contributed by atoms with Gasteiger partial charge in [0.2, 0.25) is 0 Å². The van der Waals surface area contributed by atoms with Gasteiger partial charge >= 0.3 is 11.8 Å². The number of hydrazone groups is 1. The van der Waals surface area contributed by atoms with Crippen LogP contribution in [0.3, 0.4) is 0 Å². The van der Waals surface area contributed by atoms with Crippen LogP contribution in [0.2, 0.25) is 5.02 Å². The Morgan fingerprint density at radius 3 is 2.29 bits per heavy atom. The third kappa shape index (κ3) is 7.64. The standard InChI is InChI=1S/C24H21ClN4O5/c1-33-21-7-3-6-19(13-21)27-22(30)15-34-20-10-8-16(9-11-20)14-26-29-24(32)23(31)28-18-5-2-4-17(25)12-18/h2-14H,15H2,1H3,(H,27,30)(H,28,31)(H,29,32)/b26-14-. The Labute approximate surface area is 200 Å². The van der Waals surface area contributed by atoms with Crippen LogP contribution in [0.15, 0.2) is 77.9 Å². The number of halogens is 1. The maximum Gasteiger partial charge on any atom is 0.329 e. The minimum atomic E-state index is -0.932. The van der Waals surface area contributed by atoms with Gasteiger partial charge in [0, 0.05) is 22.5 Å². The highest BCUT2D eigenvalue weighted by Crippen LogP contribution is 2.17. The van der Waals surface area contributed by atoms with Gasteiger partial charge in [-0.15, -0.1) is 0 Å². The van der Waals surface area contributed by atoms with Gasteiger partial charge < -0.3 is 20.1 Å². The van der Waals surface area contributed by atoms with Gasteiger partial charge in [-0.2, -0.15) is 5.10 Å². The smallest absolute Gasteiger partial charge is 0.329 e. The fourth-order valence-electron chi connectivity index (χ4n) is 2.67. The minimum Gasteiger partial charge on any atom is -0.497 e. The molecule has 0 aliphatic carbocycles. The molecule has 0 atom stereocenters. The molecule has 0 aliphatic rings. The zero-order chi connectivity index (χ0) is 24.3. The molecule has 3 aromatic rings. The van der Waals surface area contributed by atoms with E-state index in [1.807, 2.05) is 0 Å². The molecule has 0 bridgehead atoms. The molecule has 3 N–H and O–H groups in total. The number of carbonyl (C=O) groups is 3. The highest BCUT2D eigenvalue weighted by Gasteiger charge is 2.12. The van der Waals surface area contributed by atoms with Crippen LogP contribution in [-0.2, 0) is 14.4 Å². The largest absolute Gasteiger partial charge is 0.497 e. The second kappa shape index (κ2) is 12.0. The Kier molecular flexibility index (Phi) is 8.59. The zero-order valence-electron chi connectivity index (χ0n) is 18.1. The molecule has 0 aliphatic heterocycles. The van der Waals surface area contributed by atoms with Gasteiger partial charge in [0.15, 0.2) is 6.61 Å². The van der Waals surface area contributed by atoms with Gasteiger partial charge in [-0.05, 0) is 60.2 Å². The highest BCUT2D eigenvalue weighted by molar-refractivity contribution is 6.39. The van der Waals surface area contributed by atoms with Crippen molar-refractivity contribution in [3.8, 4) is 11.5 Å². The highest BCUT2D eigenvalue weighted by atomic mass is 35.5. The van der Waals surface area contributed by atoms with Gasteiger partial charge in [-0.25, -0.2) is 5.43 Å². The maximum absolute atomic E-state index is 12.1. The molecule has 3 aromatic carbocycles. The predicted octanol–water partition coefficient (Wildman–Crippen LogP) is 3.45. The number of hydrogen-bond donors (Lipinski definition) is 3. The first-order chi connectivity index (χ1) is 16.4. The lowest BCUT2D eigenvalue weighted by Gasteiger charge is -2.08. The number of ether oxygens (including phenoxy) is 2. The van der Waals surface area contributed by atoms with Gasteiger partial charge in [-0.1, -0.05) is 23.7 Å². The Morgan fingerprint density at radius 1 is 0.882 bits per heavy atom. The molecule has 34 heavy (non-hydrogen) atoms. The van der Waals surface area contributed by atoms with E-state index in [1.165, 1.54) is 12.3 Å². The fourth-order valence-corrected chi connectivity index (χ4v) is 2.86. The molecule has 0 heterocycles.